The second-order valence-electron chi connectivity index (χ2n) is 8.42. The van der Waals surface area contributed by atoms with E-state index in [1.165, 1.54) is 18.2 Å². The maximum absolute atomic E-state index is 13.5. The van der Waals surface area contributed by atoms with Gasteiger partial charge in [0.1, 0.15) is 5.82 Å². The summed E-state index contributed by atoms with van der Waals surface area (Å²) < 4.78 is 13.5. The molecular weight excluding hydrogens is 395 g/mol. The number of benzene rings is 2. The number of carbonyl (C=O) groups excluding carboxylic acids is 2. The predicted molar refractivity (Wildman–Crippen MR) is 124 cm³/mol. The summed E-state index contributed by atoms with van der Waals surface area (Å²) >= 11 is 0. The number of anilines is 2. The molecule has 31 heavy (non-hydrogen) atoms. The van der Waals surface area contributed by atoms with Crippen LogP contribution in [0.2, 0.25) is 0 Å². The van der Waals surface area contributed by atoms with Gasteiger partial charge in [0.2, 0.25) is 5.91 Å². The molecule has 0 unspecified atom stereocenters. The number of hydrogen-bond donors (Lipinski definition) is 1. The molecule has 0 spiro atoms. The number of nitrogens with one attached hydrogen (secondary N) is 1. The van der Waals surface area contributed by atoms with Gasteiger partial charge in [-0.3, -0.25) is 9.59 Å². The van der Waals surface area contributed by atoms with E-state index < -0.39 is 5.82 Å². The maximum atomic E-state index is 13.5. The van der Waals surface area contributed by atoms with Gasteiger partial charge in [0.15, 0.2) is 0 Å². The first-order chi connectivity index (χ1) is 14.6. The SMILES string of the molecule is CC(C)C(=O)N(CCN(C)C)Cc1cc(NC(=O)c2cccc(F)c2)ccc1N(C)C. The van der Waals surface area contributed by atoms with Gasteiger partial charge < -0.3 is 20.0 Å². The van der Waals surface area contributed by atoms with Crippen LogP contribution in [0.3, 0.4) is 0 Å². The molecule has 0 aliphatic rings. The van der Waals surface area contributed by atoms with Gasteiger partial charge in [-0.2, -0.15) is 0 Å². The van der Waals surface area contributed by atoms with Gasteiger partial charge in [-0.15, -0.1) is 0 Å². The molecule has 0 aliphatic heterocycles. The molecule has 0 radical (unpaired) electrons. The summed E-state index contributed by atoms with van der Waals surface area (Å²) in [4.78, 5) is 31.2. The van der Waals surface area contributed by atoms with E-state index in [2.05, 4.69) is 5.32 Å². The van der Waals surface area contributed by atoms with Crippen LogP contribution in [0, 0.1) is 11.7 Å². The minimum absolute atomic E-state index is 0.0840. The van der Waals surface area contributed by atoms with Crippen molar-refractivity contribution >= 4 is 23.2 Å². The largest absolute Gasteiger partial charge is 0.377 e. The number of hydrogen-bond acceptors (Lipinski definition) is 4. The standard InChI is InChI=1S/C24H33FN4O2/c1-17(2)24(31)29(13-12-27(3)4)16-19-15-21(10-11-22(19)28(5)6)26-23(30)18-8-7-9-20(25)14-18/h7-11,14-15,17H,12-13,16H2,1-6H3,(H,26,30). The van der Waals surface area contributed by atoms with Crippen molar-refractivity contribution in [1.82, 2.24) is 9.80 Å². The molecule has 0 aliphatic carbocycles. The van der Waals surface area contributed by atoms with E-state index in [4.69, 9.17) is 0 Å². The van der Waals surface area contributed by atoms with Gasteiger partial charge in [0, 0.05) is 56.6 Å². The molecule has 2 aromatic rings. The summed E-state index contributed by atoms with van der Waals surface area (Å²) in [7, 11) is 7.84. The molecule has 7 heteroatoms. The van der Waals surface area contributed by atoms with Gasteiger partial charge in [0.05, 0.1) is 0 Å². The molecule has 0 bridgehead atoms. The van der Waals surface area contributed by atoms with E-state index in [0.29, 0.717) is 18.8 Å². The average molecular weight is 429 g/mol. The van der Waals surface area contributed by atoms with Crippen molar-refractivity contribution < 1.29 is 14.0 Å². The molecule has 0 fully saturated rings. The Labute approximate surface area is 184 Å². The second kappa shape index (κ2) is 10.9. The summed E-state index contributed by atoms with van der Waals surface area (Å²) in [6, 6.07) is 11.2. The molecule has 0 heterocycles. The fraction of sp³-hybridized carbons (Fsp3) is 0.417. The molecule has 6 nitrogen and oxygen atoms in total. The smallest absolute Gasteiger partial charge is 0.255 e. The summed E-state index contributed by atoms with van der Waals surface area (Å²) in [6.45, 7) is 5.59. The molecule has 0 saturated carbocycles. The van der Waals surface area contributed by atoms with E-state index in [0.717, 1.165) is 17.8 Å². The van der Waals surface area contributed by atoms with Gasteiger partial charge in [-0.25, -0.2) is 4.39 Å². The number of nitrogens with zero attached hydrogens (tertiary/aromatic N) is 3. The van der Waals surface area contributed by atoms with Crippen molar-refractivity contribution in [3.8, 4) is 0 Å². The van der Waals surface area contributed by atoms with Crippen molar-refractivity contribution in [2.45, 2.75) is 20.4 Å². The van der Waals surface area contributed by atoms with Crippen LogP contribution in [0.4, 0.5) is 15.8 Å². The number of amides is 2. The van der Waals surface area contributed by atoms with Crippen LogP contribution in [0.15, 0.2) is 42.5 Å². The molecule has 0 saturated heterocycles. The van der Waals surface area contributed by atoms with Crippen molar-refractivity contribution in [1.29, 1.82) is 0 Å². The zero-order valence-corrected chi connectivity index (χ0v) is 19.3. The van der Waals surface area contributed by atoms with Crippen LogP contribution in [0.1, 0.15) is 29.8 Å². The summed E-state index contributed by atoms with van der Waals surface area (Å²) in [6.07, 6.45) is 0. The Morgan fingerprint density at radius 3 is 2.29 bits per heavy atom. The van der Waals surface area contributed by atoms with Gasteiger partial charge in [-0.05, 0) is 56.1 Å². The van der Waals surface area contributed by atoms with Crippen molar-refractivity contribution in [3.05, 3.63) is 59.4 Å². The van der Waals surface area contributed by atoms with Crippen LogP contribution < -0.4 is 10.2 Å². The molecule has 1 N–H and O–H groups in total. The van der Waals surface area contributed by atoms with Crippen molar-refractivity contribution in [2.24, 2.45) is 5.92 Å². The highest BCUT2D eigenvalue weighted by Crippen LogP contribution is 2.25. The predicted octanol–water partition coefficient (Wildman–Crippen LogP) is 3.69. The van der Waals surface area contributed by atoms with Gasteiger partial charge >= 0.3 is 0 Å². The monoisotopic (exact) mass is 428 g/mol. The molecule has 0 aromatic heterocycles. The quantitative estimate of drug-likeness (QED) is 0.662. The maximum Gasteiger partial charge on any atom is 0.255 e. The Balaban J connectivity index is 2.31. The van der Waals surface area contributed by atoms with Crippen LogP contribution >= 0.6 is 0 Å². The Morgan fingerprint density at radius 2 is 1.71 bits per heavy atom. The highest BCUT2D eigenvalue weighted by Gasteiger charge is 2.20. The Bertz CT molecular complexity index is 912. The second-order valence-corrected chi connectivity index (χ2v) is 8.42. The van der Waals surface area contributed by atoms with E-state index in [9.17, 15) is 14.0 Å². The lowest BCUT2D eigenvalue weighted by Gasteiger charge is -2.28. The topological polar surface area (TPSA) is 55.9 Å². The first-order valence-corrected chi connectivity index (χ1v) is 10.4. The summed E-state index contributed by atoms with van der Waals surface area (Å²) in [5, 5.41) is 2.83. The van der Waals surface area contributed by atoms with Crippen LogP contribution in [-0.4, -0.2) is 62.9 Å². The van der Waals surface area contributed by atoms with E-state index in [1.807, 2.05) is 74.9 Å². The third-order valence-electron chi connectivity index (χ3n) is 4.89. The van der Waals surface area contributed by atoms with Gasteiger partial charge in [0.25, 0.3) is 5.91 Å². The Kier molecular flexibility index (Phi) is 8.56. The van der Waals surface area contributed by atoms with E-state index in [1.54, 1.807) is 6.07 Å². The number of carbonyl (C=O) groups is 2. The van der Waals surface area contributed by atoms with Crippen LogP contribution in [0.25, 0.3) is 0 Å². The molecular formula is C24H33FN4O2. The average Bonchev–Trinajstić information content (AvgIpc) is 2.70. The summed E-state index contributed by atoms with van der Waals surface area (Å²) in [5.74, 6) is -0.868. The molecule has 2 aromatic carbocycles. The minimum atomic E-state index is -0.458. The van der Waals surface area contributed by atoms with Crippen LogP contribution in [-0.2, 0) is 11.3 Å². The Hall–Kier alpha value is -2.93. The summed E-state index contributed by atoms with van der Waals surface area (Å²) in [5.41, 5.74) is 2.74. The third-order valence-corrected chi connectivity index (χ3v) is 4.89. The highest BCUT2D eigenvalue weighted by molar-refractivity contribution is 6.04. The number of rotatable bonds is 9. The van der Waals surface area contributed by atoms with Crippen molar-refractivity contribution in [2.75, 3.05) is 51.5 Å². The lowest BCUT2D eigenvalue weighted by molar-refractivity contribution is -0.135. The van der Waals surface area contributed by atoms with Crippen molar-refractivity contribution in [3.63, 3.8) is 0 Å². The highest BCUT2D eigenvalue weighted by atomic mass is 19.1. The molecule has 2 amide bonds. The molecule has 2 rings (SSSR count). The zero-order valence-electron chi connectivity index (χ0n) is 19.3. The van der Waals surface area contributed by atoms with Crippen LogP contribution in [0.5, 0.6) is 0 Å². The minimum Gasteiger partial charge on any atom is -0.377 e. The number of likely N-dealkylation sites (N-methyl/N-ethyl adjacent to an activating group) is 1. The van der Waals surface area contributed by atoms with E-state index >= 15 is 0 Å². The van der Waals surface area contributed by atoms with Gasteiger partial charge in [-0.1, -0.05) is 19.9 Å². The lowest BCUT2D eigenvalue weighted by Crippen LogP contribution is -2.38. The Morgan fingerprint density at radius 1 is 1.00 bits per heavy atom. The first kappa shape index (κ1) is 24.3. The molecule has 168 valence electrons. The number of halogens is 1. The molecule has 0 atom stereocenters. The normalized spacial score (nSPS) is 11.0. The lowest BCUT2D eigenvalue weighted by atomic mass is 10.1. The fourth-order valence-corrected chi connectivity index (χ4v) is 3.22. The zero-order chi connectivity index (χ0) is 23.1. The fourth-order valence-electron chi connectivity index (χ4n) is 3.22. The third kappa shape index (κ3) is 7.07. The first-order valence-electron chi connectivity index (χ1n) is 10.4. The van der Waals surface area contributed by atoms with E-state index in [-0.39, 0.29) is 23.3 Å².